The molecule has 0 unspecified atom stereocenters. The van der Waals surface area contributed by atoms with Crippen LogP contribution < -0.4 is 16.3 Å². The van der Waals surface area contributed by atoms with Crippen molar-refractivity contribution in [2.45, 2.75) is 20.3 Å². The van der Waals surface area contributed by atoms with Crippen molar-refractivity contribution in [1.29, 1.82) is 0 Å². The minimum atomic E-state index is -0.150. The largest absolute Gasteiger partial charge is 0.292 e. The van der Waals surface area contributed by atoms with Gasteiger partial charge >= 0.3 is 0 Å². The Hall–Kier alpha value is -1.95. The fraction of sp³-hybridized carbons (Fsp3) is 0.300. The summed E-state index contributed by atoms with van der Waals surface area (Å²) in [5.74, 6) is 0. The lowest BCUT2D eigenvalue weighted by Crippen LogP contribution is -2.23. The van der Waals surface area contributed by atoms with Crippen LogP contribution in [0.5, 0.6) is 0 Å². The Balaban J connectivity index is 2.90. The van der Waals surface area contributed by atoms with Crippen LogP contribution in [0.3, 0.4) is 0 Å². The van der Waals surface area contributed by atoms with Gasteiger partial charge in [0.05, 0.1) is 11.4 Å². The summed E-state index contributed by atoms with van der Waals surface area (Å²) >= 11 is 0. The van der Waals surface area contributed by atoms with Crippen LogP contribution in [0, 0.1) is 6.92 Å². The molecule has 0 aliphatic heterocycles. The highest BCUT2D eigenvalue weighted by Crippen LogP contribution is 2.00. The topological polar surface area (TPSA) is 79.5 Å². The normalized spacial score (nSPS) is 12.3. The van der Waals surface area contributed by atoms with Crippen molar-refractivity contribution in [3.63, 3.8) is 0 Å². The van der Waals surface area contributed by atoms with Gasteiger partial charge in [-0.1, -0.05) is 6.92 Å². The van der Waals surface area contributed by atoms with Crippen LogP contribution >= 0.6 is 0 Å². The molecule has 0 amide bonds. The first-order valence-electron chi connectivity index (χ1n) is 4.96. The maximum Gasteiger partial charge on any atom is 0.277 e. The molecule has 0 aliphatic rings. The summed E-state index contributed by atoms with van der Waals surface area (Å²) in [5, 5.41) is 13.1. The number of hydrogen-bond acceptors (Lipinski definition) is 5. The van der Waals surface area contributed by atoms with Crippen molar-refractivity contribution in [3.8, 4) is 0 Å². The molecule has 0 spiro atoms. The average molecular weight is 220 g/mol. The number of aryl methyl sites for hydroxylation is 1. The highest BCUT2D eigenvalue weighted by molar-refractivity contribution is 5.45. The highest BCUT2D eigenvalue weighted by atomic mass is 16.5. The third-order valence-corrected chi connectivity index (χ3v) is 2.51. The first-order chi connectivity index (χ1) is 7.69. The van der Waals surface area contributed by atoms with Gasteiger partial charge in [-0.2, -0.15) is 9.61 Å². The number of nitrogens with zero attached hydrogens (tertiary/aromatic N) is 3. The Labute approximate surface area is 91.2 Å². The zero-order valence-corrected chi connectivity index (χ0v) is 9.06. The Morgan fingerprint density at radius 1 is 1.62 bits per heavy atom. The lowest BCUT2D eigenvalue weighted by atomic mass is 10.2. The van der Waals surface area contributed by atoms with Gasteiger partial charge in [0.2, 0.25) is 0 Å². The summed E-state index contributed by atoms with van der Waals surface area (Å²) in [6.45, 7) is 3.70. The smallest absolute Gasteiger partial charge is 0.277 e. The van der Waals surface area contributed by atoms with Crippen LogP contribution in [-0.4, -0.2) is 19.8 Å². The Morgan fingerprint density at radius 2 is 2.38 bits per heavy atom. The summed E-state index contributed by atoms with van der Waals surface area (Å²) < 4.78 is 1.25. The van der Waals surface area contributed by atoms with Crippen LogP contribution in [0.15, 0.2) is 11.0 Å². The second-order valence-electron chi connectivity index (χ2n) is 3.44. The van der Waals surface area contributed by atoms with Crippen molar-refractivity contribution in [3.05, 3.63) is 33.0 Å². The maximum absolute atomic E-state index is 12.0. The first-order valence-corrected chi connectivity index (χ1v) is 4.96. The molecule has 0 radical (unpaired) electrons. The third kappa shape index (κ3) is 1.43. The van der Waals surface area contributed by atoms with Gasteiger partial charge in [-0.25, -0.2) is 4.98 Å². The zero-order chi connectivity index (χ0) is 11.7. The lowest BCUT2D eigenvalue weighted by Gasteiger charge is -2.01. The van der Waals surface area contributed by atoms with Gasteiger partial charge in [-0.3, -0.25) is 15.5 Å². The number of hydrogen-bond donors (Lipinski definition) is 2. The number of fused-ring (bicyclic) bond motifs is 1. The van der Waals surface area contributed by atoms with Gasteiger partial charge in [0.1, 0.15) is 0 Å². The first kappa shape index (κ1) is 10.6. The van der Waals surface area contributed by atoms with E-state index in [0.717, 1.165) is 0 Å². The van der Waals surface area contributed by atoms with E-state index < -0.39 is 0 Å². The van der Waals surface area contributed by atoms with E-state index in [-0.39, 0.29) is 5.56 Å². The zero-order valence-electron chi connectivity index (χ0n) is 9.06. The van der Waals surface area contributed by atoms with E-state index >= 15 is 0 Å². The van der Waals surface area contributed by atoms with Crippen LogP contribution in [0.25, 0.3) is 11.8 Å². The Morgan fingerprint density at radius 3 is 3.00 bits per heavy atom. The highest BCUT2D eigenvalue weighted by Gasteiger charge is 2.09. The van der Waals surface area contributed by atoms with Crippen LogP contribution in [0.2, 0.25) is 0 Å². The summed E-state index contributed by atoms with van der Waals surface area (Å²) in [6, 6.07) is 0. The molecule has 16 heavy (non-hydrogen) atoms. The van der Waals surface area contributed by atoms with Gasteiger partial charge in [-0.15, -0.1) is 0 Å². The maximum atomic E-state index is 12.0. The summed E-state index contributed by atoms with van der Waals surface area (Å²) in [7, 11) is 0. The molecule has 0 aliphatic carbocycles. The average Bonchev–Trinajstić information content (AvgIpc) is 2.63. The van der Waals surface area contributed by atoms with Gasteiger partial charge in [-0.05, 0) is 13.3 Å². The molecular formula is C10H12N4O2. The van der Waals surface area contributed by atoms with Crippen LogP contribution in [0.4, 0.5) is 0 Å². The van der Waals surface area contributed by atoms with Crippen LogP contribution in [0.1, 0.15) is 18.2 Å². The minimum absolute atomic E-state index is 0.150. The van der Waals surface area contributed by atoms with E-state index in [1.165, 1.54) is 16.9 Å². The van der Waals surface area contributed by atoms with E-state index in [1.807, 2.05) is 12.4 Å². The lowest BCUT2D eigenvalue weighted by molar-refractivity contribution is 0.230. The van der Waals surface area contributed by atoms with E-state index in [0.29, 0.717) is 28.5 Å². The molecular weight excluding hydrogens is 208 g/mol. The quantitative estimate of drug-likeness (QED) is 0.660. The van der Waals surface area contributed by atoms with E-state index in [4.69, 9.17) is 5.21 Å². The van der Waals surface area contributed by atoms with Crippen molar-refractivity contribution in [2.24, 2.45) is 0 Å². The molecule has 2 heterocycles. The predicted octanol–water partition coefficient (Wildman–Crippen LogP) is -0.604. The number of aromatic nitrogens is 3. The van der Waals surface area contributed by atoms with Gasteiger partial charge in [0, 0.05) is 17.5 Å². The van der Waals surface area contributed by atoms with Crippen molar-refractivity contribution in [1.82, 2.24) is 20.1 Å². The molecule has 6 heteroatoms. The monoisotopic (exact) mass is 220 g/mol. The van der Waals surface area contributed by atoms with Crippen molar-refractivity contribution < 1.29 is 5.21 Å². The van der Waals surface area contributed by atoms with Gasteiger partial charge < -0.3 is 0 Å². The molecule has 6 nitrogen and oxygen atoms in total. The molecule has 84 valence electrons. The standard InChI is InChI=1S/C10H12N4O2/c1-3-8-6(2)13-9-7(5-12-16)4-11-14(9)10(8)15/h4-5,12,16H,3H2,1-2H3. The number of rotatable bonds is 2. The molecule has 0 saturated carbocycles. The summed E-state index contributed by atoms with van der Waals surface area (Å²) in [4.78, 5) is 16.3. The van der Waals surface area contributed by atoms with E-state index in [1.54, 1.807) is 6.92 Å². The molecule has 2 aromatic heterocycles. The molecule has 0 bridgehead atoms. The molecule has 2 rings (SSSR count). The summed E-state index contributed by atoms with van der Waals surface area (Å²) in [5.41, 5.74) is 3.57. The molecule has 2 aromatic rings. The molecule has 2 N–H and O–H groups in total. The molecule has 0 fully saturated rings. The fourth-order valence-corrected chi connectivity index (χ4v) is 1.70. The molecule has 0 saturated heterocycles. The fourth-order valence-electron chi connectivity index (χ4n) is 1.70. The van der Waals surface area contributed by atoms with E-state index in [2.05, 4.69) is 10.1 Å². The third-order valence-electron chi connectivity index (χ3n) is 2.51. The van der Waals surface area contributed by atoms with E-state index in [9.17, 15) is 4.79 Å². The minimum Gasteiger partial charge on any atom is -0.292 e. The Bertz CT molecular complexity index is 632. The number of hydroxylamine groups is 1. The molecule has 0 aromatic carbocycles. The second kappa shape index (κ2) is 3.90. The van der Waals surface area contributed by atoms with Gasteiger partial charge in [0.25, 0.3) is 5.56 Å². The van der Waals surface area contributed by atoms with Crippen LogP contribution in [-0.2, 0) is 6.42 Å². The van der Waals surface area contributed by atoms with Crippen molar-refractivity contribution in [2.75, 3.05) is 0 Å². The second-order valence-corrected chi connectivity index (χ2v) is 3.44. The predicted molar refractivity (Wildman–Crippen MR) is 58.0 cm³/mol. The SMILES string of the molecule is CCc1c(C)nc2c(=CNO)cnn2c1=O. The molecule has 0 atom stereocenters. The van der Waals surface area contributed by atoms with Gasteiger partial charge in [0.15, 0.2) is 5.65 Å². The Kier molecular flexibility index (Phi) is 2.57. The van der Waals surface area contributed by atoms with Crippen molar-refractivity contribution >= 4 is 11.8 Å². The summed E-state index contributed by atoms with van der Waals surface area (Å²) in [6.07, 6.45) is 3.44. The number of nitrogens with one attached hydrogen (secondary N) is 1.